The molecule has 4 aromatic rings. The number of hydrogen-bond donors (Lipinski definition) is 0. The Hall–Kier alpha value is -3.43. The number of ether oxygens (including phenoxy) is 1. The molecular weight excluding hydrogens is 441 g/mol. The summed E-state index contributed by atoms with van der Waals surface area (Å²) in [6.07, 6.45) is 5.34. The lowest BCUT2D eigenvalue weighted by Crippen LogP contribution is -2.37. The Morgan fingerprint density at radius 3 is 2.79 bits per heavy atom. The van der Waals surface area contributed by atoms with Crippen LogP contribution in [0, 0.1) is 5.82 Å². The Morgan fingerprint density at radius 1 is 1.21 bits per heavy atom. The lowest BCUT2D eigenvalue weighted by Gasteiger charge is -2.24. The van der Waals surface area contributed by atoms with Crippen LogP contribution < -0.4 is 0 Å². The SMILES string of the molecule is O=C(c1nc(-c2cccs2)n(-c2ccc(F)cc2)n1)N(Cc1cccnc1)CC1CCCO1. The van der Waals surface area contributed by atoms with Gasteiger partial charge in [-0.2, -0.15) is 0 Å². The Labute approximate surface area is 194 Å². The summed E-state index contributed by atoms with van der Waals surface area (Å²) in [7, 11) is 0. The molecule has 0 saturated carbocycles. The van der Waals surface area contributed by atoms with Crippen LogP contribution in [0.1, 0.15) is 29.0 Å². The molecule has 1 aliphatic rings. The molecule has 1 saturated heterocycles. The Balaban J connectivity index is 1.50. The van der Waals surface area contributed by atoms with Gasteiger partial charge in [0.25, 0.3) is 5.91 Å². The molecule has 1 fully saturated rings. The number of amides is 1. The first-order valence-electron chi connectivity index (χ1n) is 10.7. The molecule has 4 heterocycles. The number of hydrogen-bond acceptors (Lipinski definition) is 6. The van der Waals surface area contributed by atoms with E-state index in [0.29, 0.717) is 31.2 Å². The molecule has 0 N–H and O–H groups in total. The van der Waals surface area contributed by atoms with Gasteiger partial charge < -0.3 is 9.64 Å². The first-order chi connectivity index (χ1) is 16.2. The molecule has 5 rings (SSSR count). The van der Waals surface area contributed by atoms with Crippen LogP contribution in [0.4, 0.5) is 4.39 Å². The van der Waals surface area contributed by atoms with Crippen LogP contribution in [0.2, 0.25) is 0 Å². The summed E-state index contributed by atoms with van der Waals surface area (Å²) in [5, 5.41) is 6.48. The largest absolute Gasteiger partial charge is 0.376 e. The molecular formula is C24H22FN5O2S. The van der Waals surface area contributed by atoms with E-state index in [1.54, 1.807) is 34.1 Å². The summed E-state index contributed by atoms with van der Waals surface area (Å²) in [5.41, 5.74) is 1.55. The van der Waals surface area contributed by atoms with E-state index < -0.39 is 0 Å². The van der Waals surface area contributed by atoms with E-state index in [1.165, 1.54) is 23.5 Å². The topological polar surface area (TPSA) is 73.1 Å². The van der Waals surface area contributed by atoms with Gasteiger partial charge in [0.1, 0.15) is 5.82 Å². The zero-order chi connectivity index (χ0) is 22.6. The van der Waals surface area contributed by atoms with E-state index in [-0.39, 0.29) is 23.7 Å². The summed E-state index contributed by atoms with van der Waals surface area (Å²) in [6, 6.07) is 13.6. The van der Waals surface area contributed by atoms with Crippen LogP contribution in [0.25, 0.3) is 16.4 Å². The monoisotopic (exact) mass is 463 g/mol. The van der Waals surface area contributed by atoms with Crippen molar-refractivity contribution in [1.29, 1.82) is 0 Å². The molecule has 168 valence electrons. The van der Waals surface area contributed by atoms with Crippen molar-refractivity contribution in [2.24, 2.45) is 0 Å². The highest BCUT2D eigenvalue weighted by Gasteiger charge is 2.28. The minimum absolute atomic E-state index is 0.0124. The lowest BCUT2D eigenvalue weighted by molar-refractivity contribution is 0.0498. The van der Waals surface area contributed by atoms with E-state index in [4.69, 9.17) is 4.74 Å². The molecule has 33 heavy (non-hydrogen) atoms. The van der Waals surface area contributed by atoms with Crippen molar-refractivity contribution < 1.29 is 13.9 Å². The highest BCUT2D eigenvalue weighted by atomic mass is 32.1. The van der Waals surface area contributed by atoms with Gasteiger partial charge in [-0.3, -0.25) is 9.78 Å². The molecule has 1 amide bonds. The first kappa shape index (κ1) is 21.4. The average molecular weight is 464 g/mol. The van der Waals surface area contributed by atoms with Crippen molar-refractivity contribution in [3.05, 3.63) is 83.5 Å². The van der Waals surface area contributed by atoms with Crippen molar-refractivity contribution >= 4 is 17.2 Å². The third-order valence-electron chi connectivity index (χ3n) is 5.44. The van der Waals surface area contributed by atoms with Gasteiger partial charge in [-0.1, -0.05) is 12.1 Å². The number of aromatic nitrogens is 4. The number of carbonyl (C=O) groups is 1. The quantitative estimate of drug-likeness (QED) is 0.407. The number of rotatable bonds is 7. The van der Waals surface area contributed by atoms with E-state index >= 15 is 0 Å². The smallest absolute Gasteiger partial charge is 0.293 e. The second kappa shape index (κ2) is 9.60. The fraction of sp³-hybridized carbons (Fsp3) is 0.250. The first-order valence-corrected chi connectivity index (χ1v) is 11.6. The van der Waals surface area contributed by atoms with Gasteiger partial charge in [0.15, 0.2) is 5.82 Å². The maximum Gasteiger partial charge on any atom is 0.293 e. The molecule has 1 aromatic carbocycles. The number of thiophene rings is 1. The van der Waals surface area contributed by atoms with E-state index in [1.807, 2.05) is 29.6 Å². The third-order valence-corrected chi connectivity index (χ3v) is 6.31. The predicted octanol–water partition coefficient (Wildman–Crippen LogP) is 4.35. The lowest BCUT2D eigenvalue weighted by atomic mass is 10.2. The molecule has 0 bridgehead atoms. The van der Waals surface area contributed by atoms with Crippen LogP contribution in [-0.2, 0) is 11.3 Å². The van der Waals surface area contributed by atoms with Gasteiger partial charge in [0, 0.05) is 32.1 Å². The molecule has 0 spiro atoms. The van der Waals surface area contributed by atoms with Crippen LogP contribution in [0.3, 0.4) is 0 Å². The average Bonchev–Trinajstić information content (AvgIpc) is 3.61. The van der Waals surface area contributed by atoms with Crippen LogP contribution >= 0.6 is 11.3 Å². The molecule has 7 nitrogen and oxygen atoms in total. The molecule has 9 heteroatoms. The van der Waals surface area contributed by atoms with E-state index in [2.05, 4.69) is 15.1 Å². The van der Waals surface area contributed by atoms with Crippen molar-refractivity contribution in [2.45, 2.75) is 25.5 Å². The molecule has 1 aliphatic heterocycles. The fourth-order valence-electron chi connectivity index (χ4n) is 3.84. The summed E-state index contributed by atoms with van der Waals surface area (Å²) in [5.74, 6) is 0.00286. The summed E-state index contributed by atoms with van der Waals surface area (Å²) in [4.78, 5) is 25.0. The molecule has 1 atom stereocenters. The minimum Gasteiger partial charge on any atom is -0.376 e. The molecule has 3 aromatic heterocycles. The predicted molar refractivity (Wildman–Crippen MR) is 123 cm³/mol. The standard InChI is InChI=1S/C24H22FN5O2S/c25-18-7-9-19(10-8-18)30-23(21-6-3-13-33-21)27-22(28-30)24(31)29(16-20-5-2-12-32-20)15-17-4-1-11-26-14-17/h1,3-4,6-11,13-14,20H,2,5,12,15-16H2. The second-order valence-electron chi connectivity index (χ2n) is 7.81. The van der Waals surface area contributed by atoms with Crippen molar-refractivity contribution in [3.63, 3.8) is 0 Å². The number of carbonyl (C=O) groups excluding carboxylic acids is 1. The zero-order valence-electron chi connectivity index (χ0n) is 17.8. The van der Waals surface area contributed by atoms with Gasteiger partial charge in [-0.15, -0.1) is 16.4 Å². The van der Waals surface area contributed by atoms with Crippen LogP contribution in [-0.4, -0.2) is 49.8 Å². The number of nitrogens with zero attached hydrogens (tertiary/aromatic N) is 5. The van der Waals surface area contributed by atoms with Crippen molar-refractivity contribution in [1.82, 2.24) is 24.6 Å². The van der Waals surface area contributed by atoms with Crippen LogP contribution in [0.5, 0.6) is 0 Å². The second-order valence-corrected chi connectivity index (χ2v) is 8.75. The Kier molecular flexibility index (Phi) is 6.23. The van der Waals surface area contributed by atoms with E-state index in [9.17, 15) is 9.18 Å². The molecule has 1 unspecified atom stereocenters. The van der Waals surface area contributed by atoms with Gasteiger partial charge in [-0.25, -0.2) is 14.1 Å². The molecule has 0 aliphatic carbocycles. The highest BCUT2D eigenvalue weighted by molar-refractivity contribution is 7.13. The van der Waals surface area contributed by atoms with Crippen LogP contribution in [0.15, 0.2) is 66.3 Å². The number of benzene rings is 1. The number of pyridine rings is 1. The van der Waals surface area contributed by atoms with Gasteiger partial charge in [0.2, 0.25) is 5.82 Å². The van der Waals surface area contributed by atoms with E-state index in [0.717, 1.165) is 23.3 Å². The van der Waals surface area contributed by atoms with Gasteiger partial charge >= 0.3 is 0 Å². The third kappa shape index (κ3) is 4.84. The molecule has 0 radical (unpaired) electrons. The Morgan fingerprint density at radius 2 is 2.09 bits per heavy atom. The van der Waals surface area contributed by atoms with Gasteiger partial charge in [-0.05, 0) is 60.2 Å². The summed E-state index contributed by atoms with van der Waals surface area (Å²) >= 11 is 1.50. The Bertz CT molecular complexity index is 1210. The summed E-state index contributed by atoms with van der Waals surface area (Å²) in [6.45, 7) is 1.54. The highest BCUT2D eigenvalue weighted by Crippen LogP contribution is 2.26. The normalized spacial score (nSPS) is 15.6. The minimum atomic E-state index is -0.341. The van der Waals surface area contributed by atoms with Crippen molar-refractivity contribution in [3.8, 4) is 16.4 Å². The maximum absolute atomic E-state index is 13.6. The van der Waals surface area contributed by atoms with Gasteiger partial charge in [0.05, 0.1) is 16.7 Å². The maximum atomic E-state index is 13.6. The van der Waals surface area contributed by atoms with Crippen molar-refractivity contribution in [2.75, 3.05) is 13.2 Å². The summed E-state index contributed by atoms with van der Waals surface area (Å²) < 4.78 is 20.9. The zero-order valence-corrected chi connectivity index (χ0v) is 18.6. The number of halogens is 1. The fourth-order valence-corrected chi connectivity index (χ4v) is 4.54.